The van der Waals surface area contributed by atoms with E-state index in [0.717, 1.165) is 19.3 Å². The number of anilines is 1. The summed E-state index contributed by atoms with van der Waals surface area (Å²) in [6.07, 6.45) is 3.15. The summed E-state index contributed by atoms with van der Waals surface area (Å²) in [4.78, 5) is 26.2. The third kappa shape index (κ3) is 6.60. The van der Waals surface area contributed by atoms with Crippen LogP contribution >= 0.6 is 0 Å². The van der Waals surface area contributed by atoms with Crippen LogP contribution in [-0.2, 0) is 9.53 Å². The van der Waals surface area contributed by atoms with Gasteiger partial charge >= 0.3 is 6.03 Å². The zero-order valence-electron chi connectivity index (χ0n) is 17.0. The molecule has 1 fully saturated rings. The van der Waals surface area contributed by atoms with Crippen LogP contribution in [-0.4, -0.2) is 64.4 Å². The van der Waals surface area contributed by atoms with Gasteiger partial charge in [0, 0.05) is 39.2 Å². The van der Waals surface area contributed by atoms with Gasteiger partial charge in [-0.3, -0.25) is 4.79 Å². The number of piperidine rings is 1. The van der Waals surface area contributed by atoms with Gasteiger partial charge in [0.15, 0.2) is 0 Å². The molecule has 1 aromatic carbocycles. The van der Waals surface area contributed by atoms with Gasteiger partial charge in [-0.25, -0.2) is 4.79 Å². The molecule has 0 unspecified atom stereocenters. The number of urea groups is 1. The summed E-state index contributed by atoms with van der Waals surface area (Å²) in [5, 5.41) is 5.74. The average molecular weight is 393 g/mol. The van der Waals surface area contributed by atoms with Gasteiger partial charge in [-0.1, -0.05) is 0 Å². The second kappa shape index (κ2) is 11.4. The standard InChI is InChI=1S/C20H31N3O5/c1-26-13-10-21-19(24)7-4-15-8-11-23(12-9-15)20(25)22-17-14-16(27-2)5-6-18(17)28-3/h5-6,14-15H,4,7-13H2,1-3H3,(H,21,24)(H,22,25). The molecule has 28 heavy (non-hydrogen) atoms. The fourth-order valence-electron chi connectivity index (χ4n) is 3.25. The molecule has 0 saturated carbocycles. The smallest absolute Gasteiger partial charge is 0.321 e. The predicted octanol–water partition coefficient (Wildman–Crippen LogP) is 2.49. The van der Waals surface area contributed by atoms with Crippen molar-refractivity contribution < 1.29 is 23.8 Å². The van der Waals surface area contributed by atoms with Crippen molar-refractivity contribution in [3.8, 4) is 11.5 Å². The highest BCUT2D eigenvalue weighted by molar-refractivity contribution is 5.91. The molecule has 1 aliphatic rings. The van der Waals surface area contributed by atoms with E-state index in [9.17, 15) is 9.59 Å². The van der Waals surface area contributed by atoms with Crippen molar-refractivity contribution in [1.82, 2.24) is 10.2 Å². The Morgan fingerprint density at radius 3 is 2.54 bits per heavy atom. The topological polar surface area (TPSA) is 89.1 Å². The molecule has 1 aromatic rings. The second-order valence-electron chi connectivity index (χ2n) is 6.81. The average Bonchev–Trinajstić information content (AvgIpc) is 2.72. The first-order valence-corrected chi connectivity index (χ1v) is 9.61. The van der Waals surface area contributed by atoms with E-state index in [0.29, 0.717) is 55.8 Å². The van der Waals surface area contributed by atoms with Crippen LogP contribution in [0.4, 0.5) is 10.5 Å². The van der Waals surface area contributed by atoms with Gasteiger partial charge in [0.05, 0.1) is 26.5 Å². The fraction of sp³-hybridized carbons (Fsp3) is 0.600. The molecule has 1 aliphatic heterocycles. The minimum absolute atomic E-state index is 0.0577. The Hall–Kier alpha value is -2.48. The van der Waals surface area contributed by atoms with Gasteiger partial charge in [-0.15, -0.1) is 0 Å². The molecule has 2 N–H and O–H groups in total. The molecule has 0 aliphatic carbocycles. The van der Waals surface area contributed by atoms with E-state index in [2.05, 4.69) is 10.6 Å². The van der Waals surface area contributed by atoms with Crippen LogP contribution in [0.1, 0.15) is 25.7 Å². The van der Waals surface area contributed by atoms with E-state index in [1.165, 1.54) is 0 Å². The first-order valence-electron chi connectivity index (χ1n) is 9.61. The molecule has 156 valence electrons. The highest BCUT2D eigenvalue weighted by Crippen LogP contribution is 2.30. The van der Waals surface area contributed by atoms with Gasteiger partial charge in [-0.05, 0) is 37.3 Å². The van der Waals surface area contributed by atoms with Crippen LogP contribution in [0.3, 0.4) is 0 Å². The van der Waals surface area contributed by atoms with Gasteiger partial charge in [0.2, 0.25) is 5.91 Å². The van der Waals surface area contributed by atoms with Crippen LogP contribution in [0, 0.1) is 5.92 Å². The lowest BCUT2D eigenvalue weighted by Crippen LogP contribution is -2.41. The molecule has 8 heteroatoms. The molecule has 1 heterocycles. The maximum Gasteiger partial charge on any atom is 0.321 e. The SMILES string of the molecule is COCCNC(=O)CCC1CCN(C(=O)Nc2cc(OC)ccc2OC)CC1. The Labute approximate surface area is 166 Å². The van der Waals surface area contributed by atoms with Crippen LogP contribution in [0.15, 0.2) is 18.2 Å². The number of ether oxygens (including phenoxy) is 3. The lowest BCUT2D eigenvalue weighted by atomic mass is 9.92. The van der Waals surface area contributed by atoms with Crippen molar-refractivity contribution in [2.24, 2.45) is 5.92 Å². The van der Waals surface area contributed by atoms with Gasteiger partial charge in [0.25, 0.3) is 0 Å². The summed E-state index contributed by atoms with van der Waals surface area (Å²) in [7, 11) is 4.75. The number of carbonyl (C=O) groups is 2. The van der Waals surface area contributed by atoms with E-state index >= 15 is 0 Å². The Bertz CT molecular complexity index is 645. The van der Waals surface area contributed by atoms with Crippen molar-refractivity contribution >= 4 is 17.6 Å². The molecular formula is C20H31N3O5. The van der Waals surface area contributed by atoms with Crippen molar-refractivity contribution in [3.05, 3.63) is 18.2 Å². The minimum atomic E-state index is -0.151. The first kappa shape index (κ1) is 21.8. The number of hydrogen-bond donors (Lipinski definition) is 2. The molecule has 3 amide bonds. The maximum absolute atomic E-state index is 12.6. The number of methoxy groups -OCH3 is 3. The molecule has 2 rings (SSSR count). The molecule has 0 aromatic heterocycles. The zero-order valence-corrected chi connectivity index (χ0v) is 17.0. The normalized spacial score (nSPS) is 14.5. The molecule has 0 atom stereocenters. The van der Waals surface area contributed by atoms with Crippen molar-refractivity contribution in [3.63, 3.8) is 0 Å². The monoisotopic (exact) mass is 393 g/mol. The van der Waals surface area contributed by atoms with Crippen LogP contribution < -0.4 is 20.1 Å². The van der Waals surface area contributed by atoms with E-state index < -0.39 is 0 Å². The van der Waals surface area contributed by atoms with E-state index in [-0.39, 0.29) is 11.9 Å². The third-order valence-electron chi connectivity index (χ3n) is 4.96. The molecule has 0 bridgehead atoms. The van der Waals surface area contributed by atoms with Crippen LogP contribution in [0.5, 0.6) is 11.5 Å². The fourth-order valence-corrected chi connectivity index (χ4v) is 3.25. The summed E-state index contributed by atoms with van der Waals surface area (Å²) in [6.45, 7) is 2.42. The Kier molecular flexibility index (Phi) is 8.87. The number of amides is 3. The lowest BCUT2D eigenvalue weighted by Gasteiger charge is -2.32. The quantitative estimate of drug-likeness (QED) is 0.629. The highest BCUT2D eigenvalue weighted by atomic mass is 16.5. The molecular weight excluding hydrogens is 362 g/mol. The van der Waals surface area contributed by atoms with Crippen molar-refractivity contribution in [2.45, 2.75) is 25.7 Å². The van der Waals surface area contributed by atoms with Gasteiger partial charge in [-0.2, -0.15) is 0 Å². The highest BCUT2D eigenvalue weighted by Gasteiger charge is 2.24. The predicted molar refractivity (Wildman–Crippen MR) is 107 cm³/mol. The molecule has 0 spiro atoms. The number of likely N-dealkylation sites (tertiary alicyclic amines) is 1. The summed E-state index contributed by atoms with van der Waals surface area (Å²) in [5.74, 6) is 1.76. The summed E-state index contributed by atoms with van der Waals surface area (Å²) >= 11 is 0. The number of nitrogens with zero attached hydrogens (tertiary/aromatic N) is 1. The van der Waals surface area contributed by atoms with E-state index in [1.54, 1.807) is 44.4 Å². The first-order chi connectivity index (χ1) is 13.6. The largest absolute Gasteiger partial charge is 0.497 e. The number of carbonyl (C=O) groups excluding carboxylic acids is 2. The van der Waals surface area contributed by atoms with Crippen molar-refractivity contribution in [2.75, 3.05) is 52.9 Å². The van der Waals surface area contributed by atoms with Crippen LogP contribution in [0.25, 0.3) is 0 Å². The number of nitrogens with one attached hydrogen (secondary N) is 2. The minimum Gasteiger partial charge on any atom is -0.497 e. The number of benzene rings is 1. The number of rotatable bonds is 9. The lowest BCUT2D eigenvalue weighted by molar-refractivity contribution is -0.121. The molecule has 1 saturated heterocycles. The third-order valence-corrected chi connectivity index (χ3v) is 4.96. The van der Waals surface area contributed by atoms with Crippen molar-refractivity contribution in [1.29, 1.82) is 0 Å². The Morgan fingerprint density at radius 1 is 1.14 bits per heavy atom. The number of hydrogen-bond acceptors (Lipinski definition) is 5. The Morgan fingerprint density at radius 2 is 1.89 bits per heavy atom. The maximum atomic E-state index is 12.6. The van der Waals surface area contributed by atoms with E-state index in [4.69, 9.17) is 14.2 Å². The summed E-state index contributed by atoms with van der Waals surface area (Å²) < 4.78 is 15.4. The second-order valence-corrected chi connectivity index (χ2v) is 6.81. The Balaban J connectivity index is 1.77. The van der Waals surface area contributed by atoms with Crippen LogP contribution in [0.2, 0.25) is 0 Å². The molecule has 0 radical (unpaired) electrons. The summed E-state index contributed by atoms with van der Waals surface area (Å²) in [6, 6.07) is 5.14. The van der Waals surface area contributed by atoms with Gasteiger partial charge in [0.1, 0.15) is 11.5 Å². The summed E-state index contributed by atoms with van der Waals surface area (Å²) in [5.41, 5.74) is 0.585. The van der Waals surface area contributed by atoms with E-state index in [1.807, 2.05) is 0 Å². The zero-order chi connectivity index (χ0) is 20.4. The molecule has 8 nitrogen and oxygen atoms in total. The van der Waals surface area contributed by atoms with Gasteiger partial charge < -0.3 is 29.7 Å².